The molecule has 5 heteroatoms. The number of methoxy groups -OCH3 is 1. The van der Waals surface area contributed by atoms with Crippen molar-refractivity contribution in [2.75, 3.05) is 7.11 Å². The summed E-state index contributed by atoms with van der Waals surface area (Å²) in [6.45, 7) is 0. The van der Waals surface area contributed by atoms with E-state index in [4.69, 9.17) is 9.39 Å². The van der Waals surface area contributed by atoms with Crippen molar-refractivity contribution in [1.29, 1.82) is 0 Å². The second kappa shape index (κ2) is 9.52. The average molecular weight is 424 g/mol. The molecule has 4 rings (SSSR count). The van der Waals surface area contributed by atoms with E-state index in [1.165, 1.54) is 0 Å². The maximum atomic E-state index is 9.88. The highest BCUT2D eigenvalue weighted by Crippen LogP contribution is 2.44. The zero-order valence-electron chi connectivity index (χ0n) is 18.1. The first-order chi connectivity index (χ1) is 15.6. The molecular weight excluding hydrogens is 399 g/mol. The molecule has 0 saturated heterocycles. The lowest BCUT2D eigenvalue weighted by atomic mass is 9.73. The van der Waals surface area contributed by atoms with Crippen LogP contribution in [0, 0.1) is 0 Å². The molecule has 32 heavy (non-hydrogen) atoms. The lowest BCUT2D eigenvalue weighted by molar-refractivity contribution is 0.414. The second-order valence-electron chi connectivity index (χ2n) is 7.68. The van der Waals surface area contributed by atoms with E-state index in [-0.39, 0.29) is 23.3 Å². The average Bonchev–Trinajstić information content (AvgIpc) is 2.84. The molecule has 0 heterocycles. The van der Waals surface area contributed by atoms with Gasteiger partial charge in [-0.15, -0.1) is 0 Å². The van der Waals surface area contributed by atoms with Crippen molar-refractivity contribution in [1.82, 2.24) is 0 Å². The van der Waals surface area contributed by atoms with Gasteiger partial charge in [0.05, 0.1) is 12.9 Å². The summed E-state index contributed by atoms with van der Waals surface area (Å²) in [4.78, 5) is 0. The van der Waals surface area contributed by atoms with Crippen molar-refractivity contribution in [3.8, 4) is 23.0 Å². The summed E-state index contributed by atoms with van der Waals surface area (Å²) >= 11 is 0. The Balaban J connectivity index is 1.91. The van der Waals surface area contributed by atoms with E-state index in [0.29, 0.717) is 0 Å². The number of hydrogen-bond donors (Lipinski definition) is 2. The molecule has 0 amide bonds. The largest absolute Gasteiger partial charge is 0.568 e. The van der Waals surface area contributed by atoms with E-state index in [2.05, 4.69) is 24.3 Å². The molecule has 0 spiro atoms. The molecule has 0 aliphatic heterocycles. The van der Waals surface area contributed by atoms with E-state index in [1.807, 2.05) is 48.5 Å². The van der Waals surface area contributed by atoms with Crippen LogP contribution in [0.3, 0.4) is 0 Å². The molecule has 4 aromatic rings. The fourth-order valence-electron chi connectivity index (χ4n) is 4.14. The quantitative estimate of drug-likeness (QED) is 0.410. The summed E-state index contributed by atoms with van der Waals surface area (Å²) in [6.07, 6.45) is 0. The third-order valence-corrected chi connectivity index (χ3v) is 5.79. The van der Waals surface area contributed by atoms with Crippen molar-refractivity contribution in [3.63, 3.8) is 0 Å². The Morgan fingerprint density at radius 1 is 0.531 bits per heavy atom. The number of aromatic hydroxyl groups is 2. The Bertz CT molecular complexity index is 1040. The van der Waals surface area contributed by atoms with Crippen molar-refractivity contribution in [3.05, 3.63) is 119 Å². The molecule has 0 aliphatic rings. The van der Waals surface area contributed by atoms with Gasteiger partial charge in [0, 0.05) is 11.8 Å². The second-order valence-corrected chi connectivity index (χ2v) is 7.68. The van der Waals surface area contributed by atoms with E-state index in [0.717, 1.165) is 33.8 Å². The molecule has 0 saturated carbocycles. The fraction of sp³-hybridized carbons (Fsp3) is 0.111. The zero-order valence-corrected chi connectivity index (χ0v) is 18.1. The van der Waals surface area contributed by atoms with Crippen LogP contribution in [0.4, 0.5) is 0 Å². The standard InChI is InChI=1S/C27H25BO4/c1-31-24-14-6-20(7-15-24)26(18-2-10-22(29)11-3-18)27(19-4-12-23(30)13-5-19)21-8-16-25(32-28)17-9-21/h2-17,26-27,29-30H,28H2,1H3. The summed E-state index contributed by atoms with van der Waals surface area (Å²) in [6, 6.07) is 30.9. The number of phenols is 2. The van der Waals surface area contributed by atoms with Crippen LogP contribution in [0.5, 0.6) is 23.0 Å². The molecule has 0 bridgehead atoms. The minimum Gasteiger partial charge on any atom is -0.568 e. The molecule has 2 unspecified atom stereocenters. The first-order valence-electron chi connectivity index (χ1n) is 10.4. The van der Waals surface area contributed by atoms with Gasteiger partial charge in [0.25, 0.3) is 0 Å². The normalized spacial score (nSPS) is 12.7. The summed E-state index contributed by atoms with van der Waals surface area (Å²) < 4.78 is 10.7. The molecule has 2 N–H and O–H groups in total. The monoisotopic (exact) mass is 424 g/mol. The van der Waals surface area contributed by atoms with Gasteiger partial charge in [0.1, 0.15) is 17.2 Å². The Hall–Kier alpha value is -3.86. The first kappa shape index (κ1) is 21.4. The van der Waals surface area contributed by atoms with Crippen molar-refractivity contribution in [2.45, 2.75) is 11.8 Å². The Kier molecular flexibility index (Phi) is 6.36. The minimum absolute atomic E-state index is 0.0422. The van der Waals surface area contributed by atoms with E-state index in [9.17, 15) is 10.2 Å². The third-order valence-electron chi connectivity index (χ3n) is 5.79. The number of hydrogen-bond acceptors (Lipinski definition) is 4. The Morgan fingerprint density at radius 2 is 0.844 bits per heavy atom. The maximum absolute atomic E-state index is 9.88. The molecule has 160 valence electrons. The topological polar surface area (TPSA) is 58.9 Å². The van der Waals surface area contributed by atoms with Crippen molar-refractivity contribution >= 4 is 8.05 Å². The highest BCUT2D eigenvalue weighted by Gasteiger charge is 2.28. The first-order valence-corrected chi connectivity index (χ1v) is 10.4. The number of benzene rings is 4. The summed E-state index contributed by atoms with van der Waals surface area (Å²) in [7, 11) is 3.31. The van der Waals surface area contributed by atoms with Gasteiger partial charge < -0.3 is 19.6 Å². The van der Waals surface area contributed by atoms with Crippen LogP contribution in [0.15, 0.2) is 97.1 Å². The van der Waals surface area contributed by atoms with Crippen LogP contribution in [-0.2, 0) is 0 Å². The number of rotatable bonds is 7. The Morgan fingerprint density at radius 3 is 1.16 bits per heavy atom. The molecule has 4 aromatic carbocycles. The van der Waals surface area contributed by atoms with Crippen LogP contribution in [-0.4, -0.2) is 25.4 Å². The van der Waals surface area contributed by atoms with Gasteiger partial charge in [-0.25, -0.2) is 0 Å². The van der Waals surface area contributed by atoms with Gasteiger partial charge >= 0.3 is 8.05 Å². The van der Waals surface area contributed by atoms with Crippen LogP contribution in [0.1, 0.15) is 34.1 Å². The molecule has 0 aromatic heterocycles. The predicted octanol–water partition coefficient (Wildman–Crippen LogP) is 5.00. The predicted molar refractivity (Wildman–Crippen MR) is 129 cm³/mol. The highest BCUT2D eigenvalue weighted by molar-refractivity contribution is 5.99. The third kappa shape index (κ3) is 4.57. The van der Waals surface area contributed by atoms with Gasteiger partial charge in [0.2, 0.25) is 0 Å². The van der Waals surface area contributed by atoms with Crippen LogP contribution in [0.2, 0.25) is 0 Å². The number of ether oxygens (including phenoxy) is 1. The highest BCUT2D eigenvalue weighted by atomic mass is 16.5. The van der Waals surface area contributed by atoms with Gasteiger partial charge in [-0.1, -0.05) is 48.5 Å². The van der Waals surface area contributed by atoms with E-state index >= 15 is 0 Å². The molecule has 0 fully saturated rings. The van der Waals surface area contributed by atoms with Crippen molar-refractivity contribution in [2.24, 2.45) is 0 Å². The minimum atomic E-state index is -0.0422. The summed E-state index contributed by atoms with van der Waals surface area (Å²) in [5.41, 5.74) is 4.37. The number of phenolic OH excluding ortho intramolecular Hbond substituents is 2. The summed E-state index contributed by atoms with van der Waals surface area (Å²) in [5, 5.41) is 19.8. The molecule has 0 radical (unpaired) electrons. The van der Waals surface area contributed by atoms with Gasteiger partial charge in [0.15, 0.2) is 0 Å². The van der Waals surface area contributed by atoms with Crippen LogP contribution < -0.4 is 9.39 Å². The SMILES string of the molecule is BOc1ccc(C(c2ccc(O)cc2)C(c2ccc(O)cc2)c2ccc(OC)cc2)cc1. The van der Waals surface area contributed by atoms with Crippen molar-refractivity contribution < 1.29 is 19.6 Å². The maximum Gasteiger partial charge on any atom is 0.322 e. The lowest BCUT2D eigenvalue weighted by Crippen LogP contribution is -2.15. The summed E-state index contributed by atoms with van der Waals surface area (Å²) in [5.74, 6) is 1.97. The lowest BCUT2D eigenvalue weighted by Gasteiger charge is -2.30. The molecule has 0 aliphatic carbocycles. The van der Waals surface area contributed by atoms with Gasteiger partial charge in [-0.2, -0.15) is 0 Å². The fourth-order valence-corrected chi connectivity index (χ4v) is 4.14. The smallest absolute Gasteiger partial charge is 0.322 e. The van der Waals surface area contributed by atoms with Gasteiger partial charge in [-0.3, -0.25) is 0 Å². The molecule has 4 nitrogen and oxygen atoms in total. The van der Waals surface area contributed by atoms with E-state index in [1.54, 1.807) is 39.4 Å². The van der Waals surface area contributed by atoms with Crippen LogP contribution >= 0.6 is 0 Å². The molecular formula is C27H25BO4. The Labute approximate surface area is 189 Å². The van der Waals surface area contributed by atoms with E-state index < -0.39 is 0 Å². The van der Waals surface area contributed by atoms with Gasteiger partial charge in [-0.05, 0) is 70.8 Å². The molecule has 2 atom stereocenters. The van der Waals surface area contributed by atoms with Crippen LogP contribution in [0.25, 0.3) is 0 Å². The zero-order chi connectivity index (χ0) is 22.5.